The smallest absolute Gasteiger partial charge is 0.326 e. The highest BCUT2D eigenvalue weighted by Gasteiger charge is 2.55. The van der Waals surface area contributed by atoms with E-state index in [9.17, 15) is 24.0 Å². The minimum absolute atomic E-state index is 0.0224. The van der Waals surface area contributed by atoms with E-state index in [4.69, 9.17) is 4.74 Å². The van der Waals surface area contributed by atoms with Crippen LogP contribution in [0.25, 0.3) is 0 Å². The summed E-state index contributed by atoms with van der Waals surface area (Å²) < 4.78 is 4.79. The average molecular weight is 396 g/mol. The van der Waals surface area contributed by atoms with Gasteiger partial charge in [0.2, 0.25) is 0 Å². The van der Waals surface area contributed by atoms with Crippen LogP contribution >= 0.6 is 0 Å². The lowest BCUT2D eigenvalue weighted by molar-refractivity contribution is -0.151. The Kier molecular flexibility index (Phi) is 6.30. The maximum atomic E-state index is 12.8. The number of hydrogen-bond acceptors (Lipinski definition) is 6. The van der Waals surface area contributed by atoms with Crippen LogP contribution in [0.15, 0.2) is 0 Å². The molecule has 0 radical (unpaired) electrons. The second-order valence-corrected chi connectivity index (χ2v) is 8.35. The first kappa shape index (κ1) is 21.6. The van der Waals surface area contributed by atoms with Gasteiger partial charge in [-0.05, 0) is 39.5 Å². The van der Waals surface area contributed by atoms with Crippen molar-refractivity contribution >= 4 is 29.8 Å². The highest BCUT2D eigenvalue weighted by Crippen LogP contribution is 2.38. The van der Waals surface area contributed by atoms with Gasteiger partial charge in [0.05, 0.1) is 0 Å². The van der Waals surface area contributed by atoms with Crippen molar-refractivity contribution in [2.45, 2.75) is 64.5 Å². The molecule has 3 N–H and O–H groups in total. The van der Waals surface area contributed by atoms with E-state index in [1.54, 1.807) is 20.8 Å². The van der Waals surface area contributed by atoms with E-state index in [1.165, 1.54) is 0 Å². The van der Waals surface area contributed by atoms with E-state index < -0.39 is 54.1 Å². The van der Waals surface area contributed by atoms with Crippen LogP contribution in [0.1, 0.15) is 53.4 Å². The summed E-state index contributed by atoms with van der Waals surface area (Å²) in [5.74, 6) is -2.18. The number of nitrogens with zero attached hydrogens (tertiary/aromatic N) is 1. The van der Waals surface area contributed by atoms with Crippen molar-refractivity contribution in [1.29, 1.82) is 0 Å². The molecule has 1 aliphatic carbocycles. The lowest BCUT2D eigenvalue weighted by Crippen LogP contribution is -2.54. The number of amides is 6. The molecular weight excluding hydrogens is 368 g/mol. The van der Waals surface area contributed by atoms with Gasteiger partial charge in [0.15, 0.2) is 6.61 Å². The fraction of sp³-hybridized carbons (Fsp3) is 0.722. The van der Waals surface area contributed by atoms with Crippen LogP contribution in [0.5, 0.6) is 0 Å². The number of hydrogen-bond donors (Lipinski definition) is 3. The Balaban J connectivity index is 1.84. The van der Waals surface area contributed by atoms with Gasteiger partial charge in [0.1, 0.15) is 12.1 Å². The summed E-state index contributed by atoms with van der Waals surface area (Å²) >= 11 is 0. The molecule has 0 aromatic heterocycles. The van der Waals surface area contributed by atoms with E-state index in [0.717, 1.165) is 24.2 Å². The second-order valence-electron chi connectivity index (χ2n) is 8.35. The number of rotatable bonds is 4. The standard InChI is InChI=1S/C18H28N4O6/c1-11-7-5-6-8-18(11)14(25)22(16(27)21-18)9-13(24)28-10-12(23)19-15(26)20-17(2,3)4/h11H,5-10H2,1-4H3,(H,21,27)(H2,19,20,23,26)/t11-,18+/m1/s1. The minimum atomic E-state index is -0.960. The molecule has 2 rings (SSSR count). The maximum Gasteiger partial charge on any atom is 0.326 e. The molecule has 2 aliphatic rings. The van der Waals surface area contributed by atoms with Crippen LogP contribution in [0.4, 0.5) is 9.59 Å². The average Bonchev–Trinajstić information content (AvgIpc) is 2.79. The number of nitrogens with one attached hydrogen (secondary N) is 3. The second kappa shape index (κ2) is 8.15. The largest absolute Gasteiger partial charge is 0.454 e. The number of imide groups is 2. The molecule has 2 atom stereocenters. The van der Waals surface area contributed by atoms with Gasteiger partial charge in [0, 0.05) is 5.54 Å². The van der Waals surface area contributed by atoms with Crippen LogP contribution in [0, 0.1) is 5.92 Å². The van der Waals surface area contributed by atoms with Gasteiger partial charge in [-0.3, -0.25) is 24.6 Å². The van der Waals surface area contributed by atoms with Gasteiger partial charge in [-0.1, -0.05) is 19.8 Å². The molecule has 0 aromatic carbocycles. The fourth-order valence-electron chi connectivity index (χ4n) is 3.49. The summed E-state index contributed by atoms with van der Waals surface area (Å²) in [7, 11) is 0. The Morgan fingerprint density at radius 3 is 2.54 bits per heavy atom. The van der Waals surface area contributed by atoms with Gasteiger partial charge >= 0.3 is 18.0 Å². The number of carbonyl (C=O) groups excluding carboxylic acids is 5. The Morgan fingerprint density at radius 1 is 1.25 bits per heavy atom. The Hall–Kier alpha value is -2.65. The third kappa shape index (κ3) is 4.99. The lowest BCUT2D eigenvalue weighted by Gasteiger charge is -2.36. The molecule has 156 valence electrons. The summed E-state index contributed by atoms with van der Waals surface area (Å²) in [5.41, 5.74) is -1.49. The quantitative estimate of drug-likeness (QED) is 0.472. The summed E-state index contributed by atoms with van der Waals surface area (Å²) in [4.78, 5) is 61.1. The summed E-state index contributed by atoms with van der Waals surface area (Å²) in [6, 6.07) is -1.35. The molecule has 1 spiro atoms. The van der Waals surface area contributed by atoms with Crippen molar-refractivity contribution in [2.24, 2.45) is 5.92 Å². The Bertz CT molecular complexity index is 686. The summed E-state index contributed by atoms with van der Waals surface area (Å²) in [6.07, 6.45) is 3.17. The number of urea groups is 2. The molecule has 1 saturated carbocycles. The molecule has 0 aromatic rings. The van der Waals surface area contributed by atoms with Gasteiger partial charge in [0.25, 0.3) is 11.8 Å². The zero-order valence-corrected chi connectivity index (χ0v) is 16.7. The van der Waals surface area contributed by atoms with Crippen LogP contribution < -0.4 is 16.0 Å². The first-order valence-corrected chi connectivity index (χ1v) is 9.36. The van der Waals surface area contributed by atoms with Crippen molar-refractivity contribution in [3.8, 4) is 0 Å². The predicted octanol–water partition coefficient (Wildman–Crippen LogP) is 0.655. The number of carbonyl (C=O) groups is 5. The van der Waals surface area contributed by atoms with Crippen molar-refractivity contribution in [3.63, 3.8) is 0 Å². The third-order valence-corrected chi connectivity index (χ3v) is 4.89. The van der Waals surface area contributed by atoms with Crippen molar-refractivity contribution in [1.82, 2.24) is 20.9 Å². The van der Waals surface area contributed by atoms with E-state index in [-0.39, 0.29) is 5.92 Å². The monoisotopic (exact) mass is 396 g/mol. The number of esters is 1. The topological polar surface area (TPSA) is 134 Å². The van der Waals surface area contributed by atoms with Gasteiger partial charge in [-0.2, -0.15) is 0 Å². The van der Waals surface area contributed by atoms with E-state index in [2.05, 4.69) is 10.6 Å². The molecule has 6 amide bonds. The van der Waals surface area contributed by atoms with E-state index in [0.29, 0.717) is 6.42 Å². The minimum Gasteiger partial charge on any atom is -0.454 e. The molecule has 0 unspecified atom stereocenters. The first-order chi connectivity index (χ1) is 12.9. The normalized spacial score (nSPS) is 24.7. The predicted molar refractivity (Wildman–Crippen MR) is 98.0 cm³/mol. The van der Waals surface area contributed by atoms with Crippen LogP contribution in [-0.2, 0) is 19.1 Å². The Morgan fingerprint density at radius 2 is 1.93 bits per heavy atom. The first-order valence-electron chi connectivity index (χ1n) is 9.36. The van der Waals surface area contributed by atoms with Crippen LogP contribution in [-0.4, -0.2) is 59.0 Å². The maximum absolute atomic E-state index is 12.8. The van der Waals surface area contributed by atoms with Crippen LogP contribution in [0.2, 0.25) is 0 Å². The fourth-order valence-corrected chi connectivity index (χ4v) is 3.49. The van der Waals surface area contributed by atoms with Crippen molar-refractivity contribution in [2.75, 3.05) is 13.2 Å². The van der Waals surface area contributed by atoms with Crippen molar-refractivity contribution in [3.05, 3.63) is 0 Å². The highest BCUT2D eigenvalue weighted by atomic mass is 16.5. The van der Waals surface area contributed by atoms with Gasteiger partial charge < -0.3 is 15.4 Å². The highest BCUT2D eigenvalue weighted by molar-refractivity contribution is 6.09. The summed E-state index contributed by atoms with van der Waals surface area (Å²) in [6.45, 7) is 5.87. The zero-order valence-electron chi connectivity index (χ0n) is 16.7. The molecule has 28 heavy (non-hydrogen) atoms. The third-order valence-electron chi connectivity index (χ3n) is 4.89. The molecular formula is C18H28N4O6. The van der Waals surface area contributed by atoms with Gasteiger partial charge in [-0.15, -0.1) is 0 Å². The molecule has 1 saturated heterocycles. The molecule has 0 bridgehead atoms. The van der Waals surface area contributed by atoms with E-state index >= 15 is 0 Å². The van der Waals surface area contributed by atoms with Crippen LogP contribution in [0.3, 0.4) is 0 Å². The molecule has 10 heteroatoms. The molecule has 2 fully saturated rings. The molecule has 1 aliphatic heterocycles. The zero-order chi connectivity index (χ0) is 21.1. The SMILES string of the molecule is C[C@@H]1CCCC[C@]12NC(=O)N(CC(=O)OCC(=O)NC(=O)NC(C)(C)C)C2=O. The Labute approximate surface area is 163 Å². The van der Waals surface area contributed by atoms with E-state index in [1.807, 2.05) is 12.2 Å². The summed E-state index contributed by atoms with van der Waals surface area (Å²) in [5, 5.41) is 7.29. The lowest BCUT2D eigenvalue weighted by atomic mass is 9.73. The van der Waals surface area contributed by atoms with Gasteiger partial charge in [-0.25, -0.2) is 9.59 Å². The molecule has 1 heterocycles. The molecule has 10 nitrogen and oxygen atoms in total. The number of ether oxygens (including phenoxy) is 1. The van der Waals surface area contributed by atoms with Crippen molar-refractivity contribution < 1.29 is 28.7 Å².